The van der Waals surface area contributed by atoms with Gasteiger partial charge < -0.3 is 9.68 Å². The van der Waals surface area contributed by atoms with Crippen molar-refractivity contribution >= 4 is 11.4 Å². The number of para-hydroxylation sites is 2. The summed E-state index contributed by atoms with van der Waals surface area (Å²) < 4.78 is 0. The van der Waals surface area contributed by atoms with Crippen LogP contribution < -0.4 is 20.6 Å². The highest BCUT2D eigenvalue weighted by Gasteiger charge is 2.07. The second-order valence-electron chi connectivity index (χ2n) is 5.02. The van der Waals surface area contributed by atoms with Crippen molar-refractivity contribution in [2.45, 2.75) is 6.92 Å². The van der Waals surface area contributed by atoms with E-state index < -0.39 is 0 Å². The Morgan fingerprint density at radius 3 is 1.43 bits per heavy atom. The first-order valence-corrected chi connectivity index (χ1v) is 7.38. The largest absolute Gasteiger partial charge is 0.382 e. The van der Waals surface area contributed by atoms with Gasteiger partial charge in [0, 0.05) is 5.56 Å². The van der Waals surface area contributed by atoms with E-state index in [1.165, 1.54) is 0 Å². The van der Waals surface area contributed by atoms with Gasteiger partial charge in [-0.3, -0.25) is 0 Å². The molecule has 0 unspecified atom stereocenters. The van der Waals surface area contributed by atoms with Gasteiger partial charge in [-0.2, -0.15) is 0 Å². The molecule has 3 aromatic carbocycles. The molecular formula is C19H18N2O2. The Balaban J connectivity index is 1.66. The van der Waals surface area contributed by atoms with Gasteiger partial charge in [-0.15, -0.1) is 0 Å². The minimum absolute atomic E-state index is 0.709. The van der Waals surface area contributed by atoms with Gasteiger partial charge in [0.1, 0.15) is 0 Å². The third kappa shape index (κ3) is 3.95. The molecule has 0 bridgehead atoms. The monoisotopic (exact) mass is 306 g/mol. The van der Waals surface area contributed by atoms with Gasteiger partial charge in [0.2, 0.25) is 0 Å². The van der Waals surface area contributed by atoms with Gasteiger partial charge >= 0.3 is 0 Å². The topological polar surface area (TPSA) is 42.5 Å². The Bertz CT molecular complexity index is 684. The van der Waals surface area contributed by atoms with Gasteiger partial charge in [-0.05, 0) is 43.3 Å². The predicted octanol–water partition coefficient (Wildman–Crippen LogP) is 4.81. The van der Waals surface area contributed by atoms with Crippen LogP contribution in [0.25, 0.3) is 0 Å². The molecule has 0 spiro atoms. The smallest absolute Gasteiger partial charge is 0.161 e. The Kier molecular flexibility index (Phi) is 4.64. The van der Waals surface area contributed by atoms with Gasteiger partial charge in [-0.25, -0.2) is 11.0 Å². The minimum Gasteiger partial charge on any atom is -0.382 e. The quantitative estimate of drug-likeness (QED) is 0.642. The molecule has 4 heteroatoms. The number of hydrogen-bond donors (Lipinski definition) is 2. The normalized spacial score (nSPS) is 9.96. The third-order valence-electron chi connectivity index (χ3n) is 3.34. The van der Waals surface area contributed by atoms with Crippen LogP contribution in [0.4, 0.5) is 11.4 Å². The predicted molar refractivity (Wildman–Crippen MR) is 92.6 cm³/mol. The summed E-state index contributed by atoms with van der Waals surface area (Å²) in [6, 6.07) is 25.1. The Morgan fingerprint density at radius 1 is 0.565 bits per heavy atom. The summed E-state index contributed by atoms with van der Waals surface area (Å²) in [4.78, 5) is 11.3. The van der Waals surface area contributed by atoms with Crippen LogP contribution in [0.5, 0.6) is 11.5 Å². The minimum atomic E-state index is 0.709. The van der Waals surface area contributed by atoms with Crippen LogP contribution in [0.3, 0.4) is 0 Å². The summed E-state index contributed by atoms with van der Waals surface area (Å²) in [5.74, 6) is 1.42. The second-order valence-corrected chi connectivity index (χ2v) is 5.02. The first-order chi connectivity index (χ1) is 11.3. The fraction of sp³-hybridized carbons (Fsp3) is 0.0526. The summed E-state index contributed by atoms with van der Waals surface area (Å²) in [6.07, 6.45) is 0. The van der Waals surface area contributed by atoms with Crippen molar-refractivity contribution in [1.29, 1.82) is 0 Å². The molecule has 0 saturated carbocycles. The molecule has 116 valence electrons. The Labute approximate surface area is 135 Å². The number of hydrogen-bond acceptors (Lipinski definition) is 4. The van der Waals surface area contributed by atoms with E-state index in [4.69, 9.17) is 9.68 Å². The van der Waals surface area contributed by atoms with Crippen LogP contribution >= 0.6 is 0 Å². The number of anilines is 2. The van der Waals surface area contributed by atoms with Crippen molar-refractivity contribution in [3.8, 4) is 11.5 Å². The van der Waals surface area contributed by atoms with Crippen molar-refractivity contribution in [1.82, 2.24) is 0 Å². The molecule has 23 heavy (non-hydrogen) atoms. The molecule has 0 aliphatic heterocycles. The summed E-state index contributed by atoms with van der Waals surface area (Å²) in [7, 11) is 0. The maximum absolute atomic E-state index is 5.66. The lowest BCUT2D eigenvalue weighted by atomic mass is 10.2. The van der Waals surface area contributed by atoms with E-state index in [-0.39, 0.29) is 0 Å². The van der Waals surface area contributed by atoms with E-state index in [0.717, 1.165) is 16.9 Å². The van der Waals surface area contributed by atoms with Crippen LogP contribution in [0, 0.1) is 6.92 Å². The fourth-order valence-corrected chi connectivity index (χ4v) is 2.06. The summed E-state index contributed by atoms with van der Waals surface area (Å²) in [5.41, 5.74) is 8.53. The molecule has 0 radical (unpaired) electrons. The first-order valence-electron chi connectivity index (χ1n) is 7.38. The zero-order valence-electron chi connectivity index (χ0n) is 12.8. The molecule has 0 heterocycles. The van der Waals surface area contributed by atoms with Gasteiger partial charge in [-0.1, -0.05) is 42.5 Å². The lowest BCUT2D eigenvalue weighted by molar-refractivity contribution is 0.380. The molecule has 4 nitrogen and oxygen atoms in total. The standard InChI is InChI=1S/C19H18N2O2/c1-15-18(22-20-16-9-4-2-5-10-16)13-8-14-19(15)23-21-17-11-6-3-7-12-17/h2-14,20-21H,1H3. The lowest BCUT2D eigenvalue weighted by Crippen LogP contribution is -2.08. The fourth-order valence-electron chi connectivity index (χ4n) is 2.06. The van der Waals surface area contributed by atoms with E-state index in [9.17, 15) is 0 Å². The van der Waals surface area contributed by atoms with Crippen LogP contribution in [0.1, 0.15) is 5.56 Å². The molecule has 0 aliphatic rings. The second kappa shape index (κ2) is 7.22. The molecule has 0 atom stereocenters. The molecule has 0 saturated heterocycles. The summed E-state index contributed by atoms with van der Waals surface area (Å²) >= 11 is 0. The van der Waals surface area contributed by atoms with E-state index >= 15 is 0 Å². The van der Waals surface area contributed by atoms with E-state index in [1.807, 2.05) is 85.8 Å². The maximum atomic E-state index is 5.66. The molecule has 3 rings (SSSR count). The van der Waals surface area contributed by atoms with Crippen molar-refractivity contribution in [2.24, 2.45) is 0 Å². The molecular weight excluding hydrogens is 288 g/mol. The molecule has 2 N–H and O–H groups in total. The van der Waals surface area contributed by atoms with E-state index in [0.29, 0.717) is 11.5 Å². The van der Waals surface area contributed by atoms with Crippen LogP contribution in [0.15, 0.2) is 78.9 Å². The Hall–Kier alpha value is -3.14. The molecule has 0 amide bonds. The highest BCUT2D eigenvalue weighted by atomic mass is 16.7. The average Bonchev–Trinajstić information content (AvgIpc) is 2.61. The van der Waals surface area contributed by atoms with Gasteiger partial charge in [0.05, 0.1) is 11.4 Å². The van der Waals surface area contributed by atoms with Crippen LogP contribution in [-0.2, 0) is 0 Å². The van der Waals surface area contributed by atoms with E-state index in [1.54, 1.807) is 0 Å². The van der Waals surface area contributed by atoms with Crippen molar-refractivity contribution in [2.75, 3.05) is 11.0 Å². The first kappa shape index (κ1) is 14.8. The third-order valence-corrected chi connectivity index (χ3v) is 3.34. The number of benzene rings is 3. The van der Waals surface area contributed by atoms with Crippen molar-refractivity contribution in [3.63, 3.8) is 0 Å². The molecule has 0 aromatic heterocycles. The van der Waals surface area contributed by atoms with Gasteiger partial charge in [0.15, 0.2) is 11.5 Å². The Morgan fingerprint density at radius 2 is 1.00 bits per heavy atom. The van der Waals surface area contributed by atoms with Crippen LogP contribution in [-0.4, -0.2) is 0 Å². The zero-order valence-corrected chi connectivity index (χ0v) is 12.8. The average molecular weight is 306 g/mol. The number of rotatable bonds is 6. The zero-order chi connectivity index (χ0) is 15.9. The van der Waals surface area contributed by atoms with Crippen molar-refractivity contribution < 1.29 is 9.68 Å². The summed E-state index contributed by atoms with van der Waals surface area (Å²) in [6.45, 7) is 1.95. The number of nitrogens with one attached hydrogen (secondary N) is 2. The lowest BCUT2D eigenvalue weighted by Gasteiger charge is -2.14. The highest BCUT2D eigenvalue weighted by Crippen LogP contribution is 2.28. The van der Waals surface area contributed by atoms with Gasteiger partial charge in [0.25, 0.3) is 0 Å². The molecule has 0 aliphatic carbocycles. The summed E-state index contributed by atoms with van der Waals surface area (Å²) in [5, 5.41) is 0. The van der Waals surface area contributed by atoms with Crippen molar-refractivity contribution in [3.05, 3.63) is 84.4 Å². The SMILES string of the molecule is Cc1c(ONc2ccccc2)cccc1ONc1ccccc1. The molecule has 3 aromatic rings. The van der Waals surface area contributed by atoms with E-state index in [2.05, 4.69) is 11.0 Å². The molecule has 0 fully saturated rings. The highest BCUT2D eigenvalue weighted by molar-refractivity contribution is 5.48. The van der Waals surface area contributed by atoms with Crippen LogP contribution in [0.2, 0.25) is 0 Å². The maximum Gasteiger partial charge on any atom is 0.161 e.